The zero-order valence-corrected chi connectivity index (χ0v) is 13.1. The molecule has 0 saturated carbocycles. The van der Waals surface area contributed by atoms with E-state index in [2.05, 4.69) is 11.4 Å². The fraction of sp³-hybridized carbons (Fsp3) is 0.316. The molecule has 1 aliphatic rings. The molecule has 0 aliphatic heterocycles. The molecule has 2 aromatic rings. The Labute approximate surface area is 135 Å². The van der Waals surface area contributed by atoms with Gasteiger partial charge in [-0.1, -0.05) is 18.2 Å². The Morgan fingerprint density at radius 1 is 1.17 bits per heavy atom. The maximum absolute atomic E-state index is 12.9. The van der Waals surface area contributed by atoms with Crippen LogP contribution < -0.4 is 10.1 Å². The van der Waals surface area contributed by atoms with Gasteiger partial charge in [-0.05, 0) is 67.1 Å². The molecule has 0 aromatic heterocycles. The first-order valence-corrected chi connectivity index (χ1v) is 7.91. The first-order chi connectivity index (χ1) is 11.1. The third-order valence-electron chi connectivity index (χ3n) is 4.19. The largest absolute Gasteiger partial charge is 0.484 e. The van der Waals surface area contributed by atoms with Crippen molar-refractivity contribution in [2.24, 2.45) is 0 Å². The number of aryl methyl sites for hydroxylation is 2. The third-order valence-corrected chi connectivity index (χ3v) is 4.19. The fourth-order valence-corrected chi connectivity index (χ4v) is 2.90. The minimum absolute atomic E-state index is 0.0235. The summed E-state index contributed by atoms with van der Waals surface area (Å²) in [4.78, 5) is 12.0. The topological polar surface area (TPSA) is 38.3 Å². The molecule has 23 heavy (non-hydrogen) atoms. The Kier molecular flexibility index (Phi) is 4.60. The SMILES string of the molecule is CC(NC(=O)COc1ccc2c(c1)CCC2)c1ccc(F)cc1. The van der Waals surface area contributed by atoms with Crippen LogP contribution >= 0.6 is 0 Å². The van der Waals surface area contributed by atoms with E-state index >= 15 is 0 Å². The zero-order valence-electron chi connectivity index (χ0n) is 13.1. The molecule has 4 heteroatoms. The van der Waals surface area contributed by atoms with Gasteiger partial charge < -0.3 is 10.1 Å². The average Bonchev–Trinajstić information content (AvgIpc) is 3.01. The van der Waals surface area contributed by atoms with Gasteiger partial charge in [0.25, 0.3) is 5.91 Å². The number of rotatable bonds is 5. The van der Waals surface area contributed by atoms with Crippen molar-refractivity contribution in [3.05, 3.63) is 65.0 Å². The van der Waals surface area contributed by atoms with Crippen LogP contribution in [-0.2, 0) is 17.6 Å². The monoisotopic (exact) mass is 313 g/mol. The van der Waals surface area contributed by atoms with Gasteiger partial charge in [-0.25, -0.2) is 4.39 Å². The van der Waals surface area contributed by atoms with Crippen LogP contribution in [0.5, 0.6) is 5.75 Å². The summed E-state index contributed by atoms with van der Waals surface area (Å²) in [7, 11) is 0. The molecule has 0 heterocycles. The van der Waals surface area contributed by atoms with Gasteiger partial charge in [0, 0.05) is 0 Å². The molecule has 3 nitrogen and oxygen atoms in total. The quantitative estimate of drug-likeness (QED) is 0.916. The van der Waals surface area contributed by atoms with Gasteiger partial charge in [-0.2, -0.15) is 0 Å². The Bertz CT molecular complexity index is 697. The number of hydrogen-bond acceptors (Lipinski definition) is 2. The highest BCUT2D eigenvalue weighted by Gasteiger charge is 2.13. The summed E-state index contributed by atoms with van der Waals surface area (Å²) in [6, 6.07) is 11.9. The molecular weight excluding hydrogens is 293 g/mol. The number of halogens is 1. The summed E-state index contributed by atoms with van der Waals surface area (Å²) in [5, 5.41) is 2.85. The van der Waals surface area contributed by atoms with E-state index in [1.54, 1.807) is 12.1 Å². The van der Waals surface area contributed by atoms with E-state index in [0.717, 1.165) is 24.2 Å². The lowest BCUT2D eigenvalue weighted by molar-refractivity contribution is -0.123. The summed E-state index contributed by atoms with van der Waals surface area (Å²) < 4.78 is 18.5. The molecule has 1 aliphatic carbocycles. The molecule has 0 spiro atoms. The lowest BCUT2D eigenvalue weighted by Gasteiger charge is -2.15. The van der Waals surface area contributed by atoms with Gasteiger partial charge in [-0.3, -0.25) is 4.79 Å². The minimum Gasteiger partial charge on any atom is -0.484 e. The summed E-state index contributed by atoms with van der Waals surface area (Å²) in [5.74, 6) is 0.254. The Morgan fingerprint density at radius 3 is 2.70 bits per heavy atom. The maximum atomic E-state index is 12.9. The second kappa shape index (κ2) is 6.82. The smallest absolute Gasteiger partial charge is 0.258 e. The summed E-state index contributed by atoms with van der Waals surface area (Å²) in [6.07, 6.45) is 3.40. The minimum atomic E-state index is -0.285. The Morgan fingerprint density at radius 2 is 1.91 bits per heavy atom. The van der Waals surface area contributed by atoms with E-state index in [1.807, 2.05) is 19.1 Å². The molecule has 1 unspecified atom stereocenters. The van der Waals surface area contributed by atoms with Crippen LogP contribution in [0.4, 0.5) is 4.39 Å². The van der Waals surface area contributed by atoms with Crippen molar-refractivity contribution in [2.45, 2.75) is 32.2 Å². The first kappa shape index (κ1) is 15.5. The average molecular weight is 313 g/mol. The van der Waals surface area contributed by atoms with E-state index in [0.29, 0.717) is 0 Å². The van der Waals surface area contributed by atoms with Crippen molar-refractivity contribution in [1.29, 1.82) is 0 Å². The van der Waals surface area contributed by atoms with Crippen LogP contribution in [0.2, 0.25) is 0 Å². The third kappa shape index (κ3) is 3.89. The first-order valence-electron chi connectivity index (χ1n) is 7.91. The number of benzene rings is 2. The van der Waals surface area contributed by atoms with E-state index in [4.69, 9.17) is 4.74 Å². The van der Waals surface area contributed by atoms with E-state index in [1.165, 1.54) is 29.7 Å². The molecule has 3 rings (SSSR count). The number of carbonyl (C=O) groups is 1. The number of ether oxygens (including phenoxy) is 1. The molecule has 0 fully saturated rings. The zero-order chi connectivity index (χ0) is 16.2. The van der Waals surface area contributed by atoms with Crippen molar-refractivity contribution < 1.29 is 13.9 Å². The van der Waals surface area contributed by atoms with E-state index in [9.17, 15) is 9.18 Å². The summed E-state index contributed by atoms with van der Waals surface area (Å²) in [6.45, 7) is 1.84. The second-order valence-corrected chi connectivity index (χ2v) is 5.91. The molecule has 0 radical (unpaired) electrons. The highest BCUT2D eigenvalue weighted by Crippen LogP contribution is 2.26. The van der Waals surface area contributed by atoms with Gasteiger partial charge in [0.05, 0.1) is 6.04 Å². The number of carbonyl (C=O) groups excluding carboxylic acids is 1. The molecule has 1 atom stereocenters. The van der Waals surface area contributed by atoms with Gasteiger partial charge in [-0.15, -0.1) is 0 Å². The van der Waals surface area contributed by atoms with Crippen molar-refractivity contribution in [2.75, 3.05) is 6.61 Å². The van der Waals surface area contributed by atoms with E-state index in [-0.39, 0.29) is 24.4 Å². The molecule has 0 bridgehead atoms. The standard InChI is InChI=1S/C19H20FNO2/c1-13(14-5-8-17(20)9-6-14)21-19(22)12-23-18-10-7-15-3-2-4-16(15)11-18/h5-11,13H,2-4,12H2,1H3,(H,21,22). The highest BCUT2D eigenvalue weighted by atomic mass is 19.1. The number of nitrogens with one attached hydrogen (secondary N) is 1. The lowest BCUT2D eigenvalue weighted by atomic mass is 10.1. The van der Waals surface area contributed by atoms with Gasteiger partial charge in [0.2, 0.25) is 0 Å². The number of amides is 1. The van der Waals surface area contributed by atoms with Crippen LogP contribution in [0.15, 0.2) is 42.5 Å². The normalized spacial score (nSPS) is 14.2. The highest BCUT2D eigenvalue weighted by molar-refractivity contribution is 5.78. The molecule has 1 amide bonds. The number of hydrogen-bond donors (Lipinski definition) is 1. The van der Waals surface area contributed by atoms with Crippen molar-refractivity contribution in [1.82, 2.24) is 5.32 Å². The molecule has 1 N–H and O–H groups in total. The molecular formula is C19H20FNO2. The molecule has 120 valence electrons. The number of fused-ring (bicyclic) bond motifs is 1. The van der Waals surface area contributed by atoms with Gasteiger partial charge >= 0.3 is 0 Å². The van der Waals surface area contributed by atoms with Crippen molar-refractivity contribution in [3.8, 4) is 5.75 Å². The van der Waals surface area contributed by atoms with E-state index < -0.39 is 0 Å². The predicted molar refractivity (Wildman–Crippen MR) is 86.9 cm³/mol. The van der Waals surface area contributed by atoms with Crippen LogP contribution in [0.1, 0.15) is 36.1 Å². The van der Waals surface area contributed by atoms with Crippen LogP contribution in [0.3, 0.4) is 0 Å². The van der Waals surface area contributed by atoms with Gasteiger partial charge in [0.1, 0.15) is 11.6 Å². The molecule has 2 aromatic carbocycles. The van der Waals surface area contributed by atoms with Crippen LogP contribution in [-0.4, -0.2) is 12.5 Å². The van der Waals surface area contributed by atoms with Crippen molar-refractivity contribution >= 4 is 5.91 Å². The van der Waals surface area contributed by atoms with Crippen molar-refractivity contribution in [3.63, 3.8) is 0 Å². The molecule has 0 saturated heterocycles. The summed E-state index contributed by atoms with van der Waals surface area (Å²) >= 11 is 0. The van der Waals surface area contributed by atoms with Gasteiger partial charge in [0.15, 0.2) is 6.61 Å². The fourth-order valence-electron chi connectivity index (χ4n) is 2.90. The predicted octanol–water partition coefficient (Wildman–Crippen LogP) is 3.57. The Balaban J connectivity index is 1.52. The summed E-state index contributed by atoms with van der Waals surface area (Å²) in [5.41, 5.74) is 3.56. The lowest BCUT2D eigenvalue weighted by Crippen LogP contribution is -2.31. The van der Waals surface area contributed by atoms with Crippen LogP contribution in [0, 0.1) is 5.82 Å². The second-order valence-electron chi connectivity index (χ2n) is 5.91. The maximum Gasteiger partial charge on any atom is 0.258 e. The Hall–Kier alpha value is -2.36. The van der Waals surface area contributed by atoms with Crippen LogP contribution in [0.25, 0.3) is 0 Å².